The van der Waals surface area contributed by atoms with Gasteiger partial charge in [0.15, 0.2) is 6.33 Å². The number of amides is 1. The summed E-state index contributed by atoms with van der Waals surface area (Å²) >= 11 is 1.60. The number of hydrogen-bond donors (Lipinski definition) is 1. The number of rotatable bonds is 1. The highest BCUT2D eigenvalue weighted by molar-refractivity contribution is 8.00. The van der Waals surface area contributed by atoms with Gasteiger partial charge in [-0.15, -0.1) is 11.8 Å². The van der Waals surface area contributed by atoms with E-state index in [9.17, 15) is 4.79 Å². The van der Waals surface area contributed by atoms with E-state index in [4.69, 9.17) is 0 Å². The molecule has 4 nitrogen and oxygen atoms in total. The molecule has 1 fully saturated rings. The molecule has 1 unspecified atom stereocenters. The van der Waals surface area contributed by atoms with Crippen LogP contribution in [0.25, 0.3) is 0 Å². The lowest BCUT2D eigenvalue weighted by Crippen LogP contribution is -2.34. The van der Waals surface area contributed by atoms with Gasteiger partial charge in [-0.25, -0.2) is 9.97 Å². The molecule has 1 aliphatic heterocycles. The summed E-state index contributed by atoms with van der Waals surface area (Å²) in [7, 11) is 0. The van der Waals surface area contributed by atoms with E-state index in [0.29, 0.717) is 0 Å². The van der Waals surface area contributed by atoms with Crippen molar-refractivity contribution in [2.24, 2.45) is 0 Å². The van der Waals surface area contributed by atoms with Crippen molar-refractivity contribution in [2.75, 3.05) is 12.3 Å². The van der Waals surface area contributed by atoms with Crippen molar-refractivity contribution in [1.82, 2.24) is 15.3 Å². The number of nitrogens with one attached hydrogen (secondary N) is 1. The summed E-state index contributed by atoms with van der Waals surface area (Å²) in [6.45, 7) is 0.745. The summed E-state index contributed by atoms with van der Waals surface area (Å²) in [6, 6.07) is 1.75. The van der Waals surface area contributed by atoms with Crippen molar-refractivity contribution in [2.45, 2.75) is 5.25 Å². The quantitative estimate of drug-likeness (QED) is 0.693. The maximum absolute atomic E-state index is 11.4. The Balaban J connectivity index is 2.20. The zero-order chi connectivity index (χ0) is 9.10. The Morgan fingerprint density at radius 1 is 1.69 bits per heavy atom. The molecule has 0 bridgehead atoms. The molecule has 0 aromatic carbocycles. The first-order valence-corrected chi connectivity index (χ1v) is 5.01. The van der Waals surface area contributed by atoms with Gasteiger partial charge in [0.1, 0.15) is 5.25 Å². The van der Waals surface area contributed by atoms with Crippen LogP contribution in [0.1, 0.15) is 10.9 Å². The molecule has 1 aromatic rings. The number of carbonyl (C=O) groups excluding carboxylic acids is 1. The lowest BCUT2D eigenvalue weighted by atomic mass is 10.2. The van der Waals surface area contributed by atoms with E-state index in [0.717, 1.165) is 18.0 Å². The summed E-state index contributed by atoms with van der Waals surface area (Å²) in [5, 5.41) is 2.61. The first-order chi connectivity index (χ1) is 6.38. The second-order valence-electron chi connectivity index (χ2n) is 2.62. The van der Waals surface area contributed by atoms with Gasteiger partial charge in [0.2, 0.25) is 5.91 Å². The summed E-state index contributed by atoms with van der Waals surface area (Å²) in [5.74, 6) is 0.962. The smallest absolute Gasteiger partial charge is 0.239 e. The molecule has 1 aliphatic rings. The monoisotopic (exact) mass is 194 g/mol. The third kappa shape index (κ3) is 1.80. The molecular weight excluding hydrogens is 186 g/mol. The Hall–Kier alpha value is -1.10. The Bertz CT molecular complexity index is 304. The van der Waals surface area contributed by atoms with Crippen LogP contribution in [0.4, 0.5) is 0 Å². The number of thioether (sulfide) groups is 1. The van der Waals surface area contributed by atoms with Crippen LogP contribution >= 0.6 is 11.8 Å². The van der Waals surface area contributed by atoms with Gasteiger partial charge < -0.3 is 5.32 Å². The van der Waals surface area contributed by atoms with E-state index in [1.807, 2.05) is 0 Å². The standard InChI is InChI=1S/C8H8N3OS/c12-8-7(13-4-3-10-8)6-1-2-9-5-11-6/h1-2,7H,3-4H2,(H,10,12). The Labute approximate surface area is 80.2 Å². The van der Waals surface area contributed by atoms with Crippen molar-refractivity contribution in [3.63, 3.8) is 0 Å². The predicted octanol–water partition coefficient (Wildman–Crippen LogP) is 0.181. The van der Waals surface area contributed by atoms with Crippen LogP contribution in [-0.2, 0) is 4.79 Å². The minimum absolute atomic E-state index is 0.0309. The lowest BCUT2D eigenvalue weighted by Gasteiger charge is -2.20. The fourth-order valence-electron chi connectivity index (χ4n) is 1.16. The number of hydrogen-bond acceptors (Lipinski definition) is 4. The maximum atomic E-state index is 11.4. The van der Waals surface area contributed by atoms with Crippen molar-refractivity contribution >= 4 is 17.7 Å². The highest BCUT2D eigenvalue weighted by Gasteiger charge is 2.25. The molecule has 67 valence electrons. The third-order valence-electron chi connectivity index (χ3n) is 1.75. The topological polar surface area (TPSA) is 54.9 Å². The van der Waals surface area contributed by atoms with E-state index >= 15 is 0 Å². The molecule has 0 spiro atoms. The zero-order valence-electron chi connectivity index (χ0n) is 6.86. The zero-order valence-corrected chi connectivity index (χ0v) is 7.67. The van der Waals surface area contributed by atoms with E-state index in [1.165, 1.54) is 0 Å². The van der Waals surface area contributed by atoms with Gasteiger partial charge in [-0.3, -0.25) is 4.79 Å². The van der Waals surface area contributed by atoms with Crippen LogP contribution in [0.15, 0.2) is 12.3 Å². The van der Waals surface area contributed by atoms with Gasteiger partial charge in [0, 0.05) is 18.5 Å². The van der Waals surface area contributed by atoms with Gasteiger partial charge >= 0.3 is 0 Å². The number of aromatic nitrogens is 2. The summed E-state index contributed by atoms with van der Waals surface area (Å²) in [6.07, 6.45) is 4.09. The van der Waals surface area contributed by atoms with Gasteiger partial charge in [-0.1, -0.05) is 0 Å². The lowest BCUT2D eigenvalue weighted by molar-refractivity contribution is -0.120. The second kappa shape index (κ2) is 3.74. The van der Waals surface area contributed by atoms with Crippen molar-refractivity contribution in [3.05, 3.63) is 24.3 Å². The SMILES string of the molecule is O=C1NCCSC1c1ccn[c]n1. The third-order valence-corrected chi connectivity index (χ3v) is 2.98. The van der Waals surface area contributed by atoms with E-state index in [-0.39, 0.29) is 11.2 Å². The van der Waals surface area contributed by atoms with E-state index in [1.54, 1.807) is 24.0 Å². The minimum atomic E-state index is -0.187. The highest BCUT2D eigenvalue weighted by atomic mass is 32.2. The van der Waals surface area contributed by atoms with Crippen molar-refractivity contribution in [1.29, 1.82) is 0 Å². The fourth-order valence-corrected chi connectivity index (χ4v) is 2.15. The number of carbonyl (C=O) groups is 1. The summed E-state index contributed by atoms with van der Waals surface area (Å²) in [4.78, 5) is 19.0. The van der Waals surface area contributed by atoms with Gasteiger partial charge in [0.25, 0.3) is 0 Å². The Morgan fingerprint density at radius 2 is 2.62 bits per heavy atom. The molecule has 1 radical (unpaired) electrons. The fraction of sp³-hybridized carbons (Fsp3) is 0.375. The normalized spacial score (nSPS) is 22.5. The molecule has 1 N–H and O–H groups in total. The van der Waals surface area contributed by atoms with E-state index in [2.05, 4.69) is 21.6 Å². The van der Waals surface area contributed by atoms with E-state index < -0.39 is 0 Å². The summed E-state index contributed by atoms with van der Waals surface area (Å²) < 4.78 is 0. The molecule has 0 aliphatic carbocycles. The Kier molecular flexibility index (Phi) is 2.44. The minimum Gasteiger partial charge on any atom is -0.354 e. The molecule has 2 heterocycles. The van der Waals surface area contributed by atoms with Crippen LogP contribution in [-0.4, -0.2) is 28.2 Å². The molecule has 2 rings (SSSR count). The van der Waals surface area contributed by atoms with Crippen LogP contribution in [0, 0.1) is 6.33 Å². The maximum Gasteiger partial charge on any atom is 0.239 e. The largest absolute Gasteiger partial charge is 0.354 e. The summed E-state index contributed by atoms with van der Waals surface area (Å²) in [5.41, 5.74) is 0.734. The average molecular weight is 194 g/mol. The number of nitrogens with zero attached hydrogens (tertiary/aromatic N) is 2. The molecule has 1 aromatic heterocycles. The Morgan fingerprint density at radius 3 is 3.31 bits per heavy atom. The predicted molar refractivity (Wildman–Crippen MR) is 49.1 cm³/mol. The van der Waals surface area contributed by atoms with Gasteiger partial charge in [0.05, 0.1) is 5.69 Å². The molecule has 1 atom stereocenters. The van der Waals surface area contributed by atoms with Gasteiger partial charge in [-0.05, 0) is 6.07 Å². The molecule has 1 saturated heterocycles. The molecule has 1 amide bonds. The van der Waals surface area contributed by atoms with Gasteiger partial charge in [-0.2, -0.15) is 0 Å². The average Bonchev–Trinajstić information content (AvgIpc) is 2.20. The molecule has 5 heteroatoms. The first kappa shape index (κ1) is 8.50. The van der Waals surface area contributed by atoms with Crippen LogP contribution in [0.2, 0.25) is 0 Å². The van der Waals surface area contributed by atoms with Crippen LogP contribution in [0.5, 0.6) is 0 Å². The molecular formula is C8H8N3OS. The highest BCUT2D eigenvalue weighted by Crippen LogP contribution is 2.28. The molecule has 13 heavy (non-hydrogen) atoms. The van der Waals surface area contributed by atoms with Crippen LogP contribution < -0.4 is 5.32 Å². The molecule has 0 saturated carbocycles. The first-order valence-electron chi connectivity index (χ1n) is 3.96. The van der Waals surface area contributed by atoms with Crippen molar-refractivity contribution < 1.29 is 4.79 Å². The van der Waals surface area contributed by atoms with Crippen LogP contribution in [0.3, 0.4) is 0 Å². The second-order valence-corrected chi connectivity index (χ2v) is 3.84. The van der Waals surface area contributed by atoms with Crippen molar-refractivity contribution in [3.8, 4) is 0 Å².